The molecule has 2 N–H and O–H groups in total. The summed E-state index contributed by atoms with van der Waals surface area (Å²) in [6, 6.07) is 15.6. The van der Waals surface area contributed by atoms with Crippen molar-refractivity contribution in [2.75, 3.05) is 41.8 Å². The van der Waals surface area contributed by atoms with Gasteiger partial charge in [0.05, 0.1) is 18.9 Å². The number of hydrogen-bond acceptors (Lipinski definition) is 7. The first-order chi connectivity index (χ1) is 16.8. The molecule has 1 aliphatic rings. The molecule has 1 saturated heterocycles. The highest BCUT2D eigenvalue weighted by Crippen LogP contribution is 2.30. The van der Waals surface area contributed by atoms with Crippen molar-refractivity contribution < 1.29 is 22.6 Å². The molecule has 1 aromatic heterocycles. The Morgan fingerprint density at radius 1 is 1.06 bits per heavy atom. The largest absolute Gasteiger partial charge is 0.573 e. The van der Waals surface area contributed by atoms with E-state index < -0.39 is 6.36 Å². The van der Waals surface area contributed by atoms with E-state index >= 15 is 0 Å². The molecule has 4 rings (SSSR count). The molecule has 35 heavy (non-hydrogen) atoms. The van der Waals surface area contributed by atoms with Crippen LogP contribution in [-0.4, -0.2) is 48.7 Å². The SMILES string of the molecule is CC[C@H](C)Nc1nc(Nc2ccc(N3CCOCC3)cc2)cc(-c2cccc(OC(F)(F)F)c2)n1. The number of rotatable bonds is 8. The number of alkyl halides is 3. The number of nitrogens with one attached hydrogen (secondary N) is 2. The van der Waals surface area contributed by atoms with E-state index in [4.69, 9.17) is 4.74 Å². The molecule has 0 radical (unpaired) electrons. The van der Waals surface area contributed by atoms with Crippen LogP contribution in [0.5, 0.6) is 5.75 Å². The maximum Gasteiger partial charge on any atom is 0.573 e. The standard InChI is InChI=1S/C25H28F3N5O2/c1-3-17(2)29-24-31-22(18-5-4-6-21(15-18)35-25(26,27)28)16-23(32-24)30-19-7-9-20(10-8-19)33-11-13-34-14-12-33/h4-10,15-17H,3,11-14H2,1-2H3,(H2,29,30,31,32)/t17-/m0/s1. The van der Waals surface area contributed by atoms with Gasteiger partial charge in [0, 0.05) is 42.1 Å². The summed E-state index contributed by atoms with van der Waals surface area (Å²) in [6.45, 7) is 7.17. The van der Waals surface area contributed by atoms with E-state index in [0.717, 1.165) is 30.9 Å². The van der Waals surface area contributed by atoms with E-state index in [0.29, 0.717) is 36.2 Å². The lowest BCUT2D eigenvalue weighted by Crippen LogP contribution is -2.36. The number of nitrogens with zero attached hydrogens (tertiary/aromatic N) is 3. The molecule has 0 bridgehead atoms. The van der Waals surface area contributed by atoms with Crippen LogP contribution in [0, 0.1) is 0 Å². The molecule has 0 spiro atoms. The van der Waals surface area contributed by atoms with Crippen molar-refractivity contribution in [3.63, 3.8) is 0 Å². The van der Waals surface area contributed by atoms with E-state index in [2.05, 4.69) is 30.2 Å². The molecule has 10 heteroatoms. The molecule has 7 nitrogen and oxygen atoms in total. The Morgan fingerprint density at radius 2 is 1.80 bits per heavy atom. The summed E-state index contributed by atoms with van der Waals surface area (Å²) in [5, 5.41) is 6.52. The van der Waals surface area contributed by atoms with Gasteiger partial charge in [0.25, 0.3) is 0 Å². The molecule has 0 saturated carbocycles. The van der Waals surface area contributed by atoms with Crippen molar-refractivity contribution in [3.05, 3.63) is 54.6 Å². The molecule has 0 amide bonds. The van der Waals surface area contributed by atoms with Crippen molar-refractivity contribution in [2.24, 2.45) is 0 Å². The van der Waals surface area contributed by atoms with Crippen molar-refractivity contribution >= 4 is 23.1 Å². The summed E-state index contributed by atoms with van der Waals surface area (Å²) in [6.07, 6.45) is -3.91. The van der Waals surface area contributed by atoms with E-state index in [1.165, 1.54) is 18.2 Å². The van der Waals surface area contributed by atoms with Crippen molar-refractivity contribution in [2.45, 2.75) is 32.7 Å². The summed E-state index contributed by atoms with van der Waals surface area (Å²) < 4.78 is 47.6. The van der Waals surface area contributed by atoms with Crippen molar-refractivity contribution in [1.29, 1.82) is 0 Å². The summed E-state index contributed by atoms with van der Waals surface area (Å²) in [5.41, 5.74) is 2.89. The Balaban J connectivity index is 1.60. The minimum absolute atomic E-state index is 0.116. The molecule has 0 aliphatic carbocycles. The molecular weight excluding hydrogens is 459 g/mol. The van der Waals surface area contributed by atoms with Crippen molar-refractivity contribution in [3.8, 4) is 17.0 Å². The number of halogens is 3. The van der Waals surface area contributed by atoms with Gasteiger partial charge in [0.2, 0.25) is 5.95 Å². The number of hydrogen-bond donors (Lipinski definition) is 2. The molecular formula is C25H28F3N5O2. The van der Waals surface area contributed by atoms with E-state index in [1.54, 1.807) is 12.1 Å². The van der Waals surface area contributed by atoms with Crippen LogP contribution in [0.4, 0.5) is 36.3 Å². The Morgan fingerprint density at radius 3 is 2.49 bits per heavy atom. The van der Waals surface area contributed by atoms with Gasteiger partial charge in [-0.15, -0.1) is 13.2 Å². The first-order valence-electron chi connectivity index (χ1n) is 11.5. The van der Waals surface area contributed by atoms with Gasteiger partial charge in [-0.1, -0.05) is 19.1 Å². The fourth-order valence-corrected chi connectivity index (χ4v) is 3.62. The minimum Gasteiger partial charge on any atom is -0.406 e. The summed E-state index contributed by atoms with van der Waals surface area (Å²) in [7, 11) is 0. The number of anilines is 4. The zero-order valence-corrected chi connectivity index (χ0v) is 19.6. The molecule has 2 aromatic carbocycles. The third-order valence-corrected chi connectivity index (χ3v) is 5.59. The van der Waals surface area contributed by atoms with Crippen LogP contribution in [0.3, 0.4) is 0 Å². The molecule has 3 aromatic rings. The average molecular weight is 488 g/mol. The van der Waals surface area contributed by atoms with Gasteiger partial charge in [0.15, 0.2) is 0 Å². The number of morpholine rings is 1. The Kier molecular flexibility index (Phi) is 7.60. The van der Waals surface area contributed by atoms with Gasteiger partial charge in [-0.05, 0) is 49.7 Å². The lowest BCUT2D eigenvalue weighted by molar-refractivity contribution is -0.274. The Bertz CT molecular complexity index is 1120. The van der Waals surface area contributed by atoms with Crippen LogP contribution < -0.4 is 20.3 Å². The zero-order valence-electron chi connectivity index (χ0n) is 19.6. The van der Waals surface area contributed by atoms with Gasteiger partial charge < -0.3 is 25.0 Å². The van der Waals surface area contributed by atoms with E-state index in [1.807, 2.05) is 38.1 Å². The minimum atomic E-state index is -4.77. The zero-order chi connectivity index (χ0) is 24.8. The second-order valence-electron chi connectivity index (χ2n) is 8.26. The van der Waals surface area contributed by atoms with Gasteiger partial charge in [0.1, 0.15) is 11.6 Å². The lowest BCUT2D eigenvalue weighted by atomic mass is 10.1. The average Bonchev–Trinajstić information content (AvgIpc) is 2.84. The van der Waals surface area contributed by atoms with Crippen LogP contribution in [0.15, 0.2) is 54.6 Å². The quantitative estimate of drug-likeness (QED) is 0.414. The van der Waals surface area contributed by atoms with Gasteiger partial charge in [-0.3, -0.25) is 0 Å². The summed E-state index contributed by atoms with van der Waals surface area (Å²) >= 11 is 0. The number of ether oxygens (including phenoxy) is 2. The second kappa shape index (κ2) is 10.8. The highest BCUT2D eigenvalue weighted by molar-refractivity contribution is 5.69. The van der Waals surface area contributed by atoms with Crippen LogP contribution in [-0.2, 0) is 4.74 Å². The topological polar surface area (TPSA) is 71.5 Å². The van der Waals surface area contributed by atoms with Crippen LogP contribution >= 0.6 is 0 Å². The van der Waals surface area contributed by atoms with E-state index in [-0.39, 0.29) is 11.8 Å². The number of benzene rings is 2. The molecule has 1 fully saturated rings. The first kappa shape index (κ1) is 24.6. The second-order valence-corrected chi connectivity index (χ2v) is 8.26. The lowest BCUT2D eigenvalue weighted by Gasteiger charge is -2.28. The molecule has 1 atom stereocenters. The maximum atomic E-state index is 12.7. The molecule has 2 heterocycles. The molecule has 186 valence electrons. The fourth-order valence-electron chi connectivity index (χ4n) is 3.62. The van der Waals surface area contributed by atoms with Gasteiger partial charge in [-0.25, -0.2) is 4.98 Å². The van der Waals surface area contributed by atoms with Crippen LogP contribution in [0.1, 0.15) is 20.3 Å². The monoisotopic (exact) mass is 487 g/mol. The van der Waals surface area contributed by atoms with Crippen LogP contribution in [0.2, 0.25) is 0 Å². The highest BCUT2D eigenvalue weighted by Gasteiger charge is 2.31. The highest BCUT2D eigenvalue weighted by atomic mass is 19.4. The van der Waals surface area contributed by atoms with E-state index in [9.17, 15) is 13.2 Å². The summed E-state index contributed by atoms with van der Waals surface area (Å²) in [5.74, 6) is 0.590. The third kappa shape index (κ3) is 6.98. The molecule has 1 aliphatic heterocycles. The predicted octanol–water partition coefficient (Wildman–Crippen LogP) is 5.83. The van der Waals surface area contributed by atoms with Crippen molar-refractivity contribution in [1.82, 2.24) is 9.97 Å². The van der Waals surface area contributed by atoms with Crippen LogP contribution in [0.25, 0.3) is 11.3 Å². The summed E-state index contributed by atoms with van der Waals surface area (Å²) in [4.78, 5) is 11.4. The molecule has 0 unspecified atom stereocenters. The Labute approximate surface area is 202 Å². The fraction of sp³-hybridized carbons (Fsp3) is 0.360. The normalized spacial score (nSPS) is 14.9. The van der Waals surface area contributed by atoms with Gasteiger partial charge in [-0.2, -0.15) is 4.98 Å². The smallest absolute Gasteiger partial charge is 0.406 e. The third-order valence-electron chi connectivity index (χ3n) is 5.59. The Hall–Kier alpha value is -3.53. The maximum absolute atomic E-state index is 12.7. The number of aromatic nitrogens is 2. The van der Waals surface area contributed by atoms with Gasteiger partial charge >= 0.3 is 6.36 Å². The predicted molar refractivity (Wildman–Crippen MR) is 130 cm³/mol. The first-order valence-corrected chi connectivity index (χ1v) is 11.5.